The van der Waals surface area contributed by atoms with Crippen molar-refractivity contribution in [2.45, 2.75) is 45.3 Å². The summed E-state index contributed by atoms with van der Waals surface area (Å²) < 4.78 is 42.2. The number of aromatic amines is 1. The summed E-state index contributed by atoms with van der Waals surface area (Å²) in [6.45, 7) is 5.22. The lowest BCUT2D eigenvalue weighted by atomic mass is 9.64. The number of ether oxygens (including phenoxy) is 2. The van der Waals surface area contributed by atoms with E-state index in [2.05, 4.69) is 20.3 Å². The number of nitrogens with one attached hydrogen (secondary N) is 2. The second-order valence-electron chi connectivity index (χ2n) is 12.4. The molecule has 12 heteroatoms. The Morgan fingerprint density at radius 2 is 1.74 bits per heavy atom. The first-order valence-electron chi connectivity index (χ1n) is 15.1. The summed E-state index contributed by atoms with van der Waals surface area (Å²) in [5, 5.41) is 3.23. The van der Waals surface area contributed by atoms with Gasteiger partial charge in [-0.05, 0) is 37.6 Å². The number of morpholine rings is 1. The quantitative estimate of drug-likeness (QED) is 0.292. The zero-order chi connectivity index (χ0) is 32.2. The van der Waals surface area contributed by atoms with E-state index in [1.807, 2.05) is 26.0 Å². The Kier molecular flexibility index (Phi) is 7.39. The number of anilines is 1. The molecule has 236 valence electrons. The summed E-state index contributed by atoms with van der Waals surface area (Å²) >= 11 is 0. The summed E-state index contributed by atoms with van der Waals surface area (Å²) in [4.78, 5) is 50.7. The van der Waals surface area contributed by atoms with E-state index in [4.69, 9.17) is 9.47 Å². The molecule has 1 saturated heterocycles. The van der Waals surface area contributed by atoms with E-state index < -0.39 is 22.8 Å². The second kappa shape index (κ2) is 11.4. The molecule has 0 bridgehead atoms. The summed E-state index contributed by atoms with van der Waals surface area (Å²) in [6, 6.07) is 10.7. The number of hydrogen-bond acceptors (Lipinski definition) is 8. The molecule has 2 atom stereocenters. The number of carbonyl (C=O) groups excluding carboxylic acids is 3. The summed E-state index contributed by atoms with van der Waals surface area (Å²) in [5.74, 6) is -2.69. The van der Waals surface area contributed by atoms with E-state index >= 15 is 8.78 Å². The van der Waals surface area contributed by atoms with Gasteiger partial charge in [-0.2, -0.15) is 0 Å². The number of amidine groups is 1. The van der Waals surface area contributed by atoms with Crippen LogP contribution in [0.25, 0.3) is 22.2 Å². The molecule has 1 aliphatic carbocycles. The highest BCUT2D eigenvalue weighted by atomic mass is 19.1. The van der Waals surface area contributed by atoms with Crippen LogP contribution in [0.1, 0.15) is 43.5 Å². The van der Waals surface area contributed by atoms with Crippen LogP contribution in [0.2, 0.25) is 0 Å². The molecule has 2 N–H and O–H groups in total. The minimum Gasteiger partial charge on any atom is -0.450 e. The standard InChI is InChI=1S/C34H31F2N5O5/c1-18-15-41(16-19(2)45-18)33(44)21-5-3-20(4-6-21)24-14-38-32-29(24)28(7-8-37-32)46-30-25(35)9-22(10-26(30)36)40-31-27(43)13-34(17-39-31)11-23(42)12-34/h3-10,14,18-19H,11-13,15-17H2,1-2H3,(H,37,38)(H,39,40)/t18-,19+. The largest absolute Gasteiger partial charge is 0.450 e. The van der Waals surface area contributed by atoms with Gasteiger partial charge < -0.3 is 24.7 Å². The molecule has 3 aliphatic rings. The normalized spacial score (nSPS) is 20.9. The molecule has 4 aromatic rings. The van der Waals surface area contributed by atoms with Crippen molar-refractivity contribution in [2.75, 3.05) is 25.0 Å². The van der Waals surface area contributed by atoms with Gasteiger partial charge >= 0.3 is 0 Å². The first-order chi connectivity index (χ1) is 22.1. The van der Waals surface area contributed by atoms with Gasteiger partial charge in [0.15, 0.2) is 29.0 Å². The zero-order valence-electron chi connectivity index (χ0n) is 25.2. The SMILES string of the molecule is C[C@@H]1CN(C(=O)c2ccc(-c3c[nH]c4nccc(Oc5c(F)cc(NC6=NCC7(CC(=O)C7)CC6=O)cc5F)c34)cc2)C[C@H](C)O1. The Labute approximate surface area is 262 Å². The van der Waals surface area contributed by atoms with Crippen LogP contribution >= 0.6 is 0 Å². The lowest BCUT2D eigenvalue weighted by molar-refractivity contribution is -0.134. The van der Waals surface area contributed by atoms with E-state index in [1.54, 1.807) is 23.2 Å². The molecular weight excluding hydrogens is 596 g/mol. The van der Waals surface area contributed by atoms with Gasteiger partial charge in [-0.1, -0.05) is 12.1 Å². The highest BCUT2D eigenvalue weighted by Crippen LogP contribution is 2.44. The van der Waals surface area contributed by atoms with Crippen LogP contribution in [0, 0.1) is 17.0 Å². The minimum atomic E-state index is -0.982. The fourth-order valence-corrected chi connectivity index (χ4v) is 6.58. The molecule has 2 aliphatic heterocycles. The second-order valence-corrected chi connectivity index (χ2v) is 12.4. The van der Waals surface area contributed by atoms with Gasteiger partial charge in [-0.25, -0.2) is 13.8 Å². The fraction of sp³-hybridized carbons (Fsp3) is 0.324. The Morgan fingerprint density at radius 3 is 2.39 bits per heavy atom. The van der Waals surface area contributed by atoms with Gasteiger partial charge in [0.2, 0.25) is 0 Å². The molecule has 4 heterocycles. The number of rotatable bonds is 5. The molecule has 46 heavy (non-hydrogen) atoms. The summed E-state index contributed by atoms with van der Waals surface area (Å²) in [6.07, 6.45) is 3.91. The Balaban J connectivity index is 1.11. The van der Waals surface area contributed by atoms with Crippen LogP contribution in [0.3, 0.4) is 0 Å². The van der Waals surface area contributed by atoms with Gasteiger partial charge in [0.1, 0.15) is 17.2 Å². The third kappa shape index (κ3) is 5.53. The third-order valence-corrected chi connectivity index (χ3v) is 8.67. The van der Waals surface area contributed by atoms with E-state index in [0.29, 0.717) is 54.6 Å². The molecule has 2 aromatic carbocycles. The Bertz CT molecular complexity index is 1880. The van der Waals surface area contributed by atoms with Crippen molar-refractivity contribution in [3.8, 4) is 22.6 Å². The molecule has 1 saturated carbocycles. The predicted octanol–water partition coefficient (Wildman–Crippen LogP) is 5.68. The molecule has 1 spiro atoms. The van der Waals surface area contributed by atoms with Gasteiger partial charge in [0, 0.05) is 85.7 Å². The van der Waals surface area contributed by atoms with Crippen molar-refractivity contribution >= 4 is 40.0 Å². The minimum absolute atomic E-state index is 0.00651. The van der Waals surface area contributed by atoms with Gasteiger partial charge in [0.05, 0.1) is 17.6 Å². The van der Waals surface area contributed by atoms with Crippen LogP contribution in [0.4, 0.5) is 14.5 Å². The lowest BCUT2D eigenvalue weighted by Crippen LogP contribution is -2.48. The zero-order valence-corrected chi connectivity index (χ0v) is 25.2. The first-order valence-corrected chi connectivity index (χ1v) is 15.1. The van der Waals surface area contributed by atoms with E-state index in [-0.39, 0.29) is 53.4 Å². The van der Waals surface area contributed by atoms with Crippen LogP contribution < -0.4 is 10.1 Å². The molecule has 0 radical (unpaired) electrons. The third-order valence-electron chi connectivity index (χ3n) is 8.67. The maximum absolute atomic E-state index is 15.3. The van der Waals surface area contributed by atoms with E-state index in [0.717, 1.165) is 17.7 Å². The van der Waals surface area contributed by atoms with Crippen LogP contribution in [-0.4, -0.2) is 70.0 Å². The number of pyridine rings is 1. The number of aliphatic imine (C=N–C) groups is 1. The highest BCUT2D eigenvalue weighted by molar-refractivity contribution is 6.44. The molecule has 0 unspecified atom stereocenters. The maximum atomic E-state index is 15.3. The fourth-order valence-electron chi connectivity index (χ4n) is 6.58. The van der Waals surface area contributed by atoms with E-state index in [1.165, 1.54) is 12.3 Å². The number of halogens is 2. The van der Waals surface area contributed by atoms with Gasteiger partial charge in [0.25, 0.3) is 5.91 Å². The van der Waals surface area contributed by atoms with Crippen molar-refractivity contribution < 1.29 is 32.6 Å². The molecule has 2 aromatic heterocycles. The highest BCUT2D eigenvalue weighted by Gasteiger charge is 2.47. The average Bonchev–Trinajstić information content (AvgIpc) is 3.44. The molecule has 7 rings (SSSR count). The topological polar surface area (TPSA) is 126 Å². The van der Waals surface area contributed by atoms with Crippen molar-refractivity contribution in [2.24, 2.45) is 10.4 Å². The Hall–Kier alpha value is -4.97. The number of benzene rings is 2. The molecule has 2 fully saturated rings. The molecular formula is C34H31F2N5O5. The van der Waals surface area contributed by atoms with Crippen LogP contribution in [0.5, 0.6) is 11.5 Å². The first kappa shape index (κ1) is 29.7. The molecule has 1 amide bonds. The van der Waals surface area contributed by atoms with Gasteiger partial charge in [-0.15, -0.1) is 0 Å². The molecule has 10 nitrogen and oxygen atoms in total. The number of amides is 1. The Morgan fingerprint density at radius 1 is 1.04 bits per heavy atom. The lowest BCUT2D eigenvalue weighted by Gasteiger charge is -2.40. The number of nitrogens with zero attached hydrogens (tertiary/aromatic N) is 3. The van der Waals surface area contributed by atoms with Crippen molar-refractivity contribution in [3.05, 3.63) is 72.1 Å². The number of hydrogen-bond donors (Lipinski definition) is 2. The van der Waals surface area contributed by atoms with E-state index in [9.17, 15) is 14.4 Å². The smallest absolute Gasteiger partial charge is 0.254 e. The number of ketones is 2. The summed E-state index contributed by atoms with van der Waals surface area (Å²) in [5.41, 5.74) is 1.99. The monoisotopic (exact) mass is 627 g/mol. The van der Waals surface area contributed by atoms with Crippen LogP contribution in [0.15, 0.2) is 59.9 Å². The number of Topliss-reactive ketones (excluding diaryl/α,β-unsaturated/α-hetero) is 2. The number of aromatic nitrogens is 2. The predicted molar refractivity (Wildman–Crippen MR) is 166 cm³/mol. The maximum Gasteiger partial charge on any atom is 0.254 e. The van der Waals surface area contributed by atoms with Crippen molar-refractivity contribution in [1.82, 2.24) is 14.9 Å². The average molecular weight is 628 g/mol. The van der Waals surface area contributed by atoms with Crippen molar-refractivity contribution in [1.29, 1.82) is 0 Å². The summed E-state index contributed by atoms with van der Waals surface area (Å²) in [7, 11) is 0. The van der Waals surface area contributed by atoms with Crippen LogP contribution in [-0.2, 0) is 14.3 Å². The number of fused-ring (bicyclic) bond motifs is 1. The number of carbonyl (C=O) groups is 3. The van der Waals surface area contributed by atoms with Crippen molar-refractivity contribution in [3.63, 3.8) is 0 Å². The van der Waals surface area contributed by atoms with Gasteiger partial charge in [-0.3, -0.25) is 19.4 Å². The number of H-pyrrole nitrogens is 1.